The van der Waals surface area contributed by atoms with Gasteiger partial charge in [-0.1, -0.05) is 6.07 Å². The van der Waals surface area contributed by atoms with E-state index >= 15 is 0 Å². The van der Waals surface area contributed by atoms with Gasteiger partial charge >= 0.3 is 5.76 Å². The fourth-order valence-electron chi connectivity index (χ4n) is 1.50. The Hall–Kier alpha value is -1.60. The van der Waals surface area contributed by atoms with E-state index in [1.165, 1.54) is 4.57 Å². The number of oxazole rings is 1. The second-order valence-electron chi connectivity index (χ2n) is 3.82. The van der Waals surface area contributed by atoms with Gasteiger partial charge in [0.25, 0.3) is 0 Å². The van der Waals surface area contributed by atoms with Crippen molar-refractivity contribution in [1.82, 2.24) is 9.29 Å². The third-order valence-corrected chi connectivity index (χ3v) is 3.06. The number of benzene rings is 1. The molecule has 1 aromatic carbocycles. The SMILES string of the molecule is Cn1c(=O)oc2cc(CNS(C)(=O)=O)ccc21. The molecule has 0 fully saturated rings. The highest BCUT2D eigenvalue weighted by Crippen LogP contribution is 2.14. The molecule has 0 radical (unpaired) electrons. The molecule has 0 atom stereocenters. The van der Waals surface area contributed by atoms with E-state index in [1.54, 1.807) is 25.2 Å². The first-order valence-corrected chi connectivity index (χ1v) is 6.79. The molecule has 1 aromatic heterocycles. The summed E-state index contributed by atoms with van der Waals surface area (Å²) in [6.45, 7) is 0.174. The first kappa shape index (κ1) is 11.9. The predicted octanol–water partition coefficient (Wildman–Crippen LogP) is 0.181. The molecule has 17 heavy (non-hydrogen) atoms. The van der Waals surface area contributed by atoms with Crippen molar-refractivity contribution < 1.29 is 12.8 Å². The number of aromatic nitrogens is 1. The van der Waals surface area contributed by atoms with E-state index in [1.807, 2.05) is 0 Å². The molecule has 1 N–H and O–H groups in total. The molecule has 0 aliphatic rings. The average Bonchev–Trinajstić information content (AvgIpc) is 2.51. The maximum Gasteiger partial charge on any atom is 0.419 e. The Bertz CT molecular complexity index is 711. The van der Waals surface area contributed by atoms with Crippen molar-refractivity contribution in [2.24, 2.45) is 7.05 Å². The van der Waals surface area contributed by atoms with E-state index < -0.39 is 15.8 Å². The van der Waals surface area contributed by atoms with Gasteiger partial charge in [-0.15, -0.1) is 0 Å². The maximum atomic E-state index is 11.3. The summed E-state index contributed by atoms with van der Waals surface area (Å²) in [5, 5.41) is 0. The zero-order chi connectivity index (χ0) is 12.6. The van der Waals surface area contributed by atoms with Crippen molar-refractivity contribution in [3.8, 4) is 0 Å². The van der Waals surface area contributed by atoms with Crippen LogP contribution in [-0.4, -0.2) is 19.2 Å². The van der Waals surface area contributed by atoms with Crippen LogP contribution in [0.4, 0.5) is 0 Å². The van der Waals surface area contributed by atoms with Crippen molar-refractivity contribution >= 4 is 21.1 Å². The van der Waals surface area contributed by atoms with Crippen molar-refractivity contribution in [3.63, 3.8) is 0 Å². The van der Waals surface area contributed by atoms with E-state index in [2.05, 4.69) is 4.72 Å². The molecule has 0 amide bonds. The number of rotatable bonds is 3. The topological polar surface area (TPSA) is 81.3 Å². The molecule has 0 unspecified atom stereocenters. The molecular formula is C10H12N2O4S. The van der Waals surface area contributed by atoms with Gasteiger partial charge in [-0.3, -0.25) is 4.57 Å². The van der Waals surface area contributed by atoms with Gasteiger partial charge in [0, 0.05) is 13.6 Å². The normalized spacial score (nSPS) is 12.1. The Labute approximate surface area is 97.9 Å². The number of hydrogen-bond donors (Lipinski definition) is 1. The molecule has 0 aliphatic heterocycles. The van der Waals surface area contributed by atoms with Gasteiger partial charge in [-0.05, 0) is 17.7 Å². The summed E-state index contributed by atoms with van der Waals surface area (Å²) in [5.74, 6) is -0.437. The fourth-order valence-corrected chi connectivity index (χ4v) is 1.93. The first-order chi connectivity index (χ1) is 7.87. The number of aryl methyl sites for hydroxylation is 1. The predicted molar refractivity (Wildman–Crippen MR) is 63.1 cm³/mol. The Kier molecular flexibility index (Phi) is 2.80. The van der Waals surface area contributed by atoms with Gasteiger partial charge in [0.1, 0.15) is 0 Å². The lowest BCUT2D eigenvalue weighted by Gasteiger charge is -2.02. The highest BCUT2D eigenvalue weighted by molar-refractivity contribution is 7.88. The second kappa shape index (κ2) is 4.01. The smallest absolute Gasteiger partial charge is 0.408 e. The quantitative estimate of drug-likeness (QED) is 0.849. The van der Waals surface area contributed by atoms with Gasteiger partial charge < -0.3 is 4.42 Å². The fraction of sp³-hybridized carbons (Fsp3) is 0.300. The lowest BCUT2D eigenvalue weighted by molar-refractivity contribution is 0.527. The van der Waals surface area contributed by atoms with Crippen LogP contribution in [-0.2, 0) is 23.6 Å². The molecule has 2 aromatic rings. The summed E-state index contributed by atoms with van der Waals surface area (Å²) in [6, 6.07) is 5.11. The monoisotopic (exact) mass is 256 g/mol. The second-order valence-corrected chi connectivity index (χ2v) is 5.66. The summed E-state index contributed by atoms with van der Waals surface area (Å²) in [5.41, 5.74) is 1.86. The molecular weight excluding hydrogens is 244 g/mol. The van der Waals surface area contributed by atoms with Gasteiger partial charge in [0.2, 0.25) is 10.0 Å². The van der Waals surface area contributed by atoms with Crippen LogP contribution in [0.15, 0.2) is 27.4 Å². The Morgan fingerprint density at radius 2 is 2.12 bits per heavy atom. The Morgan fingerprint density at radius 3 is 2.76 bits per heavy atom. The van der Waals surface area contributed by atoms with Gasteiger partial charge in [-0.2, -0.15) is 0 Å². The standard InChI is InChI=1S/C10H12N2O4S/c1-12-8-4-3-7(6-11-17(2,14)15)5-9(8)16-10(12)13/h3-5,11H,6H2,1-2H3. The van der Waals surface area contributed by atoms with Gasteiger partial charge in [-0.25, -0.2) is 17.9 Å². The van der Waals surface area contributed by atoms with Crippen LogP contribution < -0.4 is 10.5 Å². The number of fused-ring (bicyclic) bond motifs is 1. The Morgan fingerprint density at radius 1 is 1.41 bits per heavy atom. The summed E-state index contributed by atoms with van der Waals surface area (Å²) >= 11 is 0. The van der Waals surface area contributed by atoms with Crippen molar-refractivity contribution in [1.29, 1.82) is 0 Å². The number of nitrogens with zero attached hydrogens (tertiary/aromatic N) is 1. The van der Waals surface area contributed by atoms with E-state index in [9.17, 15) is 13.2 Å². The number of hydrogen-bond acceptors (Lipinski definition) is 4. The van der Waals surface area contributed by atoms with Crippen molar-refractivity contribution in [3.05, 3.63) is 34.3 Å². The highest BCUT2D eigenvalue weighted by atomic mass is 32.2. The van der Waals surface area contributed by atoms with Crippen LogP contribution in [0.3, 0.4) is 0 Å². The van der Waals surface area contributed by atoms with Crippen LogP contribution in [0.2, 0.25) is 0 Å². The van der Waals surface area contributed by atoms with Gasteiger partial charge in [0.05, 0.1) is 11.8 Å². The molecule has 7 heteroatoms. The minimum Gasteiger partial charge on any atom is -0.408 e. The van der Waals surface area contributed by atoms with Crippen LogP contribution in [0.25, 0.3) is 11.1 Å². The molecule has 0 spiro atoms. The molecule has 6 nitrogen and oxygen atoms in total. The van der Waals surface area contributed by atoms with E-state index in [0.29, 0.717) is 11.1 Å². The maximum absolute atomic E-state index is 11.3. The summed E-state index contributed by atoms with van der Waals surface area (Å²) in [6.07, 6.45) is 1.09. The molecule has 0 bridgehead atoms. The zero-order valence-electron chi connectivity index (χ0n) is 9.43. The molecule has 92 valence electrons. The molecule has 0 saturated carbocycles. The van der Waals surface area contributed by atoms with E-state index in [0.717, 1.165) is 11.8 Å². The molecule has 1 heterocycles. The summed E-state index contributed by atoms with van der Waals surface area (Å²) in [4.78, 5) is 11.3. The third-order valence-electron chi connectivity index (χ3n) is 2.40. The zero-order valence-corrected chi connectivity index (χ0v) is 10.2. The minimum absolute atomic E-state index is 0.174. The molecule has 0 aliphatic carbocycles. The highest BCUT2D eigenvalue weighted by Gasteiger charge is 2.07. The summed E-state index contributed by atoms with van der Waals surface area (Å²) < 4.78 is 30.6. The van der Waals surface area contributed by atoms with Crippen LogP contribution in [0, 0.1) is 0 Å². The van der Waals surface area contributed by atoms with Crippen LogP contribution in [0.1, 0.15) is 5.56 Å². The summed E-state index contributed by atoms with van der Waals surface area (Å²) in [7, 11) is -1.61. The van der Waals surface area contributed by atoms with E-state index in [4.69, 9.17) is 4.42 Å². The lowest BCUT2D eigenvalue weighted by atomic mass is 10.2. The Balaban J connectivity index is 2.36. The number of sulfonamides is 1. The van der Waals surface area contributed by atoms with Crippen molar-refractivity contribution in [2.45, 2.75) is 6.54 Å². The average molecular weight is 256 g/mol. The lowest BCUT2D eigenvalue weighted by Crippen LogP contribution is -2.21. The molecule has 0 saturated heterocycles. The largest absolute Gasteiger partial charge is 0.419 e. The van der Waals surface area contributed by atoms with Crippen LogP contribution >= 0.6 is 0 Å². The minimum atomic E-state index is -3.23. The number of nitrogens with one attached hydrogen (secondary N) is 1. The van der Waals surface area contributed by atoms with E-state index in [-0.39, 0.29) is 6.54 Å². The van der Waals surface area contributed by atoms with Crippen molar-refractivity contribution in [2.75, 3.05) is 6.26 Å². The first-order valence-electron chi connectivity index (χ1n) is 4.90. The van der Waals surface area contributed by atoms with Crippen LogP contribution in [0.5, 0.6) is 0 Å². The third kappa shape index (κ3) is 2.56. The van der Waals surface area contributed by atoms with Gasteiger partial charge in [0.15, 0.2) is 5.58 Å². The molecule has 2 rings (SSSR count).